The number of hydrogen-bond donors (Lipinski definition) is 0. The molecule has 27 heavy (non-hydrogen) atoms. The van der Waals surface area contributed by atoms with Gasteiger partial charge in [0.1, 0.15) is 5.75 Å². The Hall–Kier alpha value is -2.89. The van der Waals surface area contributed by atoms with Crippen molar-refractivity contribution in [2.24, 2.45) is 0 Å². The van der Waals surface area contributed by atoms with Crippen molar-refractivity contribution >= 4 is 11.8 Å². The molecule has 0 bridgehead atoms. The van der Waals surface area contributed by atoms with Gasteiger partial charge >= 0.3 is 0 Å². The molecule has 0 spiro atoms. The first-order chi connectivity index (χ1) is 13.0. The number of rotatable bonds is 3. The van der Waals surface area contributed by atoms with Gasteiger partial charge in [-0.05, 0) is 55.7 Å². The molecule has 2 heterocycles. The van der Waals surface area contributed by atoms with E-state index in [1.165, 1.54) is 0 Å². The zero-order valence-electron chi connectivity index (χ0n) is 16.1. The van der Waals surface area contributed by atoms with Crippen molar-refractivity contribution in [2.45, 2.75) is 20.3 Å². The van der Waals surface area contributed by atoms with E-state index in [1.54, 1.807) is 36.5 Å². The lowest BCUT2D eigenvalue weighted by atomic mass is 10.0. The average molecular weight is 367 g/mol. The Bertz CT molecular complexity index is 836. The van der Waals surface area contributed by atoms with Crippen LogP contribution in [0, 0.1) is 13.8 Å². The fourth-order valence-corrected chi connectivity index (χ4v) is 3.41. The van der Waals surface area contributed by atoms with Crippen LogP contribution in [-0.4, -0.2) is 59.9 Å². The molecule has 0 atom stereocenters. The quantitative estimate of drug-likeness (QED) is 0.837. The summed E-state index contributed by atoms with van der Waals surface area (Å²) < 4.78 is 5.33. The number of benzene rings is 1. The fraction of sp³-hybridized carbons (Fsp3) is 0.381. The van der Waals surface area contributed by atoms with Gasteiger partial charge in [-0.2, -0.15) is 0 Å². The molecule has 142 valence electrons. The molecule has 1 aliphatic heterocycles. The molecule has 6 nitrogen and oxygen atoms in total. The van der Waals surface area contributed by atoms with Gasteiger partial charge in [-0.3, -0.25) is 14.6 Å². The van der Waals surface area contributed by atoms with E-state index < -0.39 is 0 Å². The van der Waals surface area contributed by atoms with Crippen LogP contribution in [0.4, 0.5) is 0 Å². The molecule has 1 saturated heterocycles. The summed E-state index contributed by atoms with van der Waals surface area (Å²) in [6.07, 6.45) is 3.99. The lowest BCUT2D eigenvalue weighted by Crippen LogP contribution is -2.37. The van der Waals surface area contributed by atoms with Crippen molar-refractivity contribution in [3.63, 3.8) is 0 Å². The molecular weight excluding hydrogens is 342 g/mol. The molecule has 1 aromatic heterocycles. The summed E-state index contributed by atoms with van der Waals surface area (Å²) in [7, 11) is 1.63. The van der Waals surface area contributed by atoms with E-state index in [1.807, 2.05) is 30.9 Å². The third-order valence-electron chi connectivity index (χ3n) is 5.17. The lowest BCUT2D eigenvalue weighted by molar-refractivity contribution is 0.0718. The molecule has 0 radical (unpaired) electrons. The van der Waals surface area contributed by atoms with E-state index in [9.17, 15) is 9.59 Å². The van der Waals surface area contributed by atoms with E-state index in [0.29, 0.717) is 37.3 Å². The third kappa shape index (κ3) is 3.94. The molecule has 0 aliphatic carbocycles. The summed E-state index contributed by atoms with van der Waals surface area (Å²) in [6, 6.07) is 7.20. The average Bonchev–Trinajstić information content (AvgIpc) is 2.96. The first kappa shape index (κ1) is 18.9. The second kappa shape index (κ2) is 8.20. The summed E-state index contributed by atoms with van der Waals surface area (Å²) >= 11 is 0. The Morgan fingerprint density at radius 2 is 1.67 bits per heavy atom. The number of pyridine rings is 1. The lowest BCUT2D eigenvalue weighted by Gasteiger charge is -2.23. The van der Waals surface area contributed by atoms with Crippen molar-refractivity contribution in [2.75, 3.05) is 33.3 Å². The minimum absolute atomic E-state index is 0.00827. The van der Waals surface area contributed by atoms with Gasteiger partial charge in [0.15, 0.2) is 0 Å². The van der Waals surface area contributed by atoms with Gasteiger partial charge in [0, 0.05) is 44.1 Å². The van der Waals surface area contributed by atoms with Crippen molar-refractivity contribution in [1.82, 2.24) is 14.8 Å². The molecule has 1 aromatic carbocycles. The molecule has 0 unspecified atom stereocenters. The molecule has 3 rings (SSSR count). The van der Waals surface area contributed by atoms with Crippen LogP contribution < -0.4 is 4.74 Å². The maximum absolute atomic E-state index is 13.0. The summed E-state index contributed by atoms with van der Waals surface area (Å²) in [5.41, 5.74) is 3.19. The molecular formula is C21H25N3O3. The topological polar surface area (TPSA) is 62.7 Å². The van der Waals surface area contributed by atoms with E-state index in [0.717, 1.165) is 23.3 Å². The largest absolute Gasteiger partial charge is 0.496 e. The maximum atomic E-state index is 13.0. The molecule has 6 heteroatoms. The van der Waals surface area contributed by atoms with Crippen LogP contribution in [0.2, 0.25) is 0 Å². The van der Waals surface area contributed by atoms with E-state index in [2.05, 4.69) is 4.98 Å². The number of carbonyl (C=O) groups is 2. The molecule has 1 aliphatic rings. The van der Waals surface area contributed by atoms with Crippen LogP contribution in [0.3, 0.4) is 0 Å². The second-order valence-electron chi connectivity index (χ2n) is 6.75. The maximum Gasteiger partial charge on any atom is 0.255 e. The Balaban J connectivity index is 1.72. The number of amides is 2. The Kier molecular flexibility index (Phi) is 5.74. The van der Waals surface area contributed by atoms with Crippen molar-refractivity contribution < 1.29 is 14.3 Å². The summed E-state index contributed by atoms with van der Waals surface area (Å²) in [6.45, 7) is 6.23. The van der Waals surface area contributed by atoms with Gasteiger partial charge in [0.05, 0.1) is 12.7 Å². The van der Waals surface area contributed by atoms with E-state index >= 15 is 0 Å². The van der Waals surface area contributed by atoms with Crippen molar-refractivity contribution in [3.8, 4) is 5.75 Å². The van der Waals surface area contributed by atoms with Crippen LogP contribution in [0.5, 0.6) is 5.75 Å². The minimum atomic E-state index is -0.0335. The number of nitrogens with zero attached hydrogens (tertiary/aromatic N) is 3. The third-order valence-corrected chi connectivity index (χ3v) is 5.17. The predicted molar refractivity (Wildman–Crippen MR) is 103 cm³/mol. The zero-order chi connectivity index (χ0) is 19.4. The smallest absolute Gasteiger partial charge is 0.255 e. The molecule has 1 fully saturated rings. The zero-order valence-corrected chi connectivity index (χ0v) is 16.1. The number of hydrogen-bond acceptors (Lipinski definition) is 4. The SMILES string of the molecule is COc1ccc(C(=O)N2CCCN(C(=O)c3cccnc3)CC2)c(C)c1C. The molecule has 0 N–H and O–H groups in total. The van der Waals surface area contributed by atoms with Crippen LogP contribution in [0.25, 0.3) is 0 Å². The van der Waals surface area contributed by atoms with Gasteiger partial charge in [0.25, 0.3) is 11.8 Å². The summed E-state index contributed by atoms with van der Waals surface area (Å²) in [4.78, 5) is 33.3. The van der Waals surface area contributed by atoms with Crippen LogP contribution in [0.15, 0.2) is 36.7 Å². The standard InChI is InChI=1S/C21H25N3O3/c1-15-16(2)19(27-3)8-7-18(15)21(26)24-11-5-10-23(12-13-24)20(25)17-6-4-9-22-14-17/h4,6-9,14H,5,10-13H2,1-3H3. The molecule has 0 saturated carbocycles. The normalized spacial score (nSPS) is 14.6. The highest BCUT2D eigenvalue weighted by atomic mass is 16.5. The molecule has 2 aromatic rings. The Labute approximate surface area is 159 Å². The Morgan fingerprint density at radius 3 is 2.30 bits per heavy atom. The predicted octanol–water partition coefficient (Wildman–Crippen LogP) is 2.70. The first-order valence-electron chi connectivity index (χ1n) is 9.15. The van der Waals surface area contributed by atoms with Gasteiger partial charge < -0.3 is 14.5 Å². The molecule has 2 amide bonds. The van der Waals surface area contributed by atoms with E-state index in [4.69, 9.17) is 4.74 Å². The van der Waals surface area contributed by atoms with Gasteiger partial charge in [-0.25, -0.2) is 0 Å². The second-order valence-corrected chi connectivity index (χ2v) is 6.75. The van der Waals surface area contributed by atoms with E-state index in [-0.39, 0.29) is 11.8 Å². The Morgan fingerprint density at radius 1 is 0.963 bits per heavy atom. The highest BCUT2D eigenvalue weighted by molar-refractivity contribution is 5.96. The number of carbonyl (C=O) groups excluding carboxylic acids is 2. The van der Waals surface area contributed by atoms with Crippen molar-refractivity contribution in [3.05, 3.63) is 58.9 Å². The first-order valence-corrected chi connectivity index (χ1v) is 9.15. The minimum Gasteiger partial charge on any atom is -0.496 e. The van der Waals surface area contributed by atoms with Gasteiger partial charge in [-0.15, -0.1) is 0 Å². The number of methoxy groups -OCH3 is 1. The van der Waals surface area contributed by atoms with Crippen molar-refractivity contribution in [1.29, 1.82) is 0 Å². The highest BCUT2D eigenvalue weighted by Crippen LogP contribution is 2.25. The highest BCUT2D eigenvalue weighted by Gasteiger charge is 2.25. The van der Waals surface area contributed by atoms with Gasteiger partial charge in [0.2, 0.25) is 0 Å². The monoisotopic (exact) mass is 367 g/mol. The van der Waals surface area contributed by atoms with Crippen LogP contribution >= 0.6 is 0 Å². The summed E-state index contributed by atoms with van der Waals surface area (Å²) in [5, 5.41) is 0. The fourth-order valence-electron chi connectivity index (χ4n) is 3.41. The van der Waals surface area contributed by atoms with Crippen LogP contribution in [-0.2, 0) is 0 Å². The number of ether oxygens (including phenoxy) is 1. The number of aromatic nitrogens is 1. The van der Waals surface area contributed by atoms with Crippen LogP contribution in [0.1, 0.15) is 38.3 Å². The summed E-state index contributed by atoms with van der Waals surface area (Å²) in [5.74, 6) is 0.760. The van der Waals surface area contributed by atoms with Gasteiger partial charge in [-0.1, -0.05) is 0 Å².